The first kappa shape index (κ1) is 31.1. The molecule has 0 aliphatic carbocycles. The van der Waals surface area contributed by atoms with Crippen LogP contribution < -0.4 is 25.6 Å². The van der Waals surface area contributed by atoms with Gasteiger partial charge in [-0.05, 0) is 62.9 Å². The number of carbonyl (C=O) groups excluding carboxylic acids is 2. The summed E-state index contributed by atoms with van der Waals surface area (Å²) in [7, 11) is 0. The zero-order valence-electron chi connectivity index (χ0n) is 27.4. The number of aromatic nitrogens is 4. The number of hydrogen-bond acceptors (Lipinski definition) is 11. The predicted octanol–water partition coefficient (Wildman–Crippen LogP) is 3.47. The van der Waals surface area contributed by atoms with Crippen LogP contribution in [0.1, 0.15) is 50.0 Å². The van der Waals surface area contributed by atoms with Crippen LogP contribution in [0.5, 0.6) is 11.5 Å². The van der Waals surface area contributed by atoms with Crippen molar-refractivity contribution in [3.05, 3.63) is 66.5 Å². The largest absolute Gasteiger partial charge is 0.507 e. The molecule has 2 aromatic heterocycles. The number of benzene rings is 2. The Hall–Kier alpha value is -5.17. The van der Waals surface area contributed by atoms with Crippen LogP contribution in [-0.2, 0) is 9.59 Å². The summed E-state index contributed by atoms with van der Waals surface area (Å²) in [6.45, 7) is 5.07. The Kier molecular flexibility index (Phi) is 8.28. The van der Waals surface area contributed by atoms with Crippen molar-refractivity contribution in [1.82, 2.24) is 30.2 Å². The molecule has 4 N–H and O–H groups in total. The van der Waals surface area contributed by atoms with E-state index in [1.54, 1.807) is 28.9 Å². The number of anilines is 3. The summed E-state index contributed by atoms with van der Waals surface area (Å²) in [6, 6.07) is 15.3. The summed E-state index contributed by atoms with van der Waals surface area (Å²) in [5.41, 5.74) is 11.1. The molecule has 0 spiro atoms. The van der Waals surface area contributed by atoms with Gasteiger partial charge in [-0.3, -0.25) is 19.8 Å². The molecule has 13 nitrogen and oxygen atoms in total. The fourth-order valence-electron chi connectivity index (χ4n) is 8.00. The summed E-state index contributed by atoms with van der Waals surface area (Å²) in [5, 5.41) is 25.8. The molecule has 13 heteroatoms. The van der Waals surface area contributed by atoms with E-state index >= 15 is 0 Å². The van der Waals surface area contributed by atoms with Crippen molar-refractivity contribution in [3.8, 4) is 28.4 Å². The van der Waals surface area contributed by atoms with Gasteiger partial charge in [0.05, 0.1) is 36.0 Å². The number of likely N-dealkylation sites (tertiary alicyclic amines) is 1. The number of carbonyl (C=O) groups is 2. The van der Waals surface area contributed by atoms with Crippen LogP contribution in [0, 0.1) is 0 Å². The summed E-state index contributed by atoms with van der Waals surface area (Å²) in [4.78, 5) is 31.7. The van der Waals surface area contributed by atoms with Crippen molar-refractivity contribution in [2.75, 3.05) is 54.9 Å². The van der Waals surface area contributed by atoms with Crippen molar-refractivity contribution in [2.24, 2.45) is 0 Å². The summed E-state index contributed by atoms with van der Waals surface area (Å²) >= 11 is 0. The molecular weight excluding hydrogens is 622 g/mol. The van der Waals surface area contributed by atoms with Crippen molar-refractivity contribution in [3.63, 3.8) is 0 Å². The maximum Gasteiger partial charge on any atom is 0.249 e. The SMILES string of the molecule is Nc1nnc(-c2ccccc2O)cc1-n1cc(N2CCC(N3CCC[C@H](c4cccc5c4OCCN5[C@@H]4CCC(=O)NC4=O)C3)CC2)cn1. The standard InChI is InChI=1S/C36H41N9O4/c37-35-31(19-28(40-41-35)27-6-1-2-9-32(27)46)45-22-25(20-38-45)42-15-12-24(13-16-42)43-14-4-5-23(21-43)26-7-3-8-29-34(26)49-18-17-44(29)30-10-11-33(47)39-36(30)48/h1-3,6-9,19-20,22-24,30,46H,4-5,10-18,21H2,(H2,37,41)(H,39,47,48)/t23-,30+/m0/s1. The average Bonchev–Trinajstić information content (AvgIpc) is 3.62. The van der Waals surface area contributed by atoms with Crippen LogP contribution in [0.25, 0.3) is 16.9 Å². The number of nitrogens with one attached hydrogen (secondary N) is 1. The third-order valence-electron chi connectivity index (χ3n) is 10.5. The predicted molar refractivity (Wildman–Crippen MR) is 185 cm³/mol. The Morgan fingerprint density at radius 2 is 1.80 bits per heavy atom. The lowest BCUT2D eigenvalue weighted by atomic mass is 9.87. The van der Waals surface area contributed by atoms with Gasteiger partial charge in [0, 0.05) is 49.1 Å². The topological polar surface area (TPSA) is 155 Å². The molecule has 0 bridgehead atoms. The van der Waals surface area contributed by atoms with E-state index in [2.05, 4.69) is 47.4 Å². The second-order valence-corrected chi connectivity index (χ2v) is 13.4. The lowest BCUT2D eigenvalue weighted by molar-refractivity contribution is -0.134. The van der Waals surface area contributed by atoms with Crippen LogP contribution in [0.15, 0.2) is 60.9 Å². The number of para-hydroxylation sites is 2. The molecule has 254 valence electrons. The molecule has 49 heavy (non-hydrogen) atoms. The number of imide groups is 1. The Bertz CT molecular complexity index is 1870. The Morgan fingerprint density at radius 3 is 2.63 bits per heavy atom. The van der Waals surface area contributed by atoms with Crippen LogP contribution in [0.2, 0.25) is 0 Å². The van der Waals surface area contributed by atoms with Crippen molar-refractivity contribution in [2.45, 2.75) is 56.5 Å². The summed E-state index contributed by atoms with van der Waals surface area (Å²) in [5.74, 6) is 1.23. The molecule has 3 saturated heterocycles. The minimum Gasteiger partial charge on any atom is -0.507 e. The van der Waals surface area contributed by atoms with E-state index in [0.717, 1.165) is 69.0 Å². The minimum atomic E-state index is -0.351. The molecule has 8 rings (SSSR count). The van der Waals surface area contributed by atoms with Crippen LogP contribution in [0.3, 0.4) is 0 Å². The molecular formula is C36H41N9O4. The molecule has 2 aromatic carbocycles. The maximum absolute atomic E-state index is 12.7. The fourth-order valence-corrected chi connectivity index (χ4v) is 8.00. The number of aromatic hydroxyl groups is 1. The number of fused-ring (bicyclic) bond motifs is 1. The van der Waals surface area contributed by atoms with Crippen molar-refractivity contribution >= 4 is 29.0 Å². The molecule has 4 aliphatic rings. The number of phenolic OH excluding ortho intramolecular Hbond substituents is 1. The highest BCUT2D eigenvalue weighted by Gasteiger charge is 2.37. The first-order valence-corrected chi connectivity index (χ1v) is 17.2. The van der Waals surface area contributed by atoms with Crippen molar-refractivity contribution < 1.29 is 19.4 Å². The van der Waals surface area contributed by atoms with E-state index in [4.69, 9.17) is 10.5 Å². The van der Waals surface area contributed by atoms with Gasteiger partial charge in [0.25, 0.3) is 0 Å². The van der Waals surface area contributed by atoms with Gasteiger partial charge in [-0.15, -0.1) is 10.2 Å². The molecule has 0 saturated carbocycles. The number of rotatable bonds is 6. The number of phenols is 1. The smallest absolute Gasteiger partial charge is 0.249 e. The van der Waals surface area contributed by atoms with Gasteiger partial charge in [-0.25, -0.2) is 4.68 Å². The highest BCUT2D eigenvalue weighted by Crippen LogP contribution is 2.43. The highest BCUT2D eigenvalue weighted by molar-refractivity contribution is 6.02. The van der Waals surface area contributed by atoms with E-state index in [-0.39, 0.29) is 29.4 Å². The lowest BCUT2D eigenvalue weighted by Crippen LogP contribution is -2.54. The zero-order valence-corrected chi connectivity index (χ0v) is 27.4. The Morgan fingerprint density at radius 1 is 0.939 bits per heavy atom. The fraction of sp³-hybridized carbons (Fsp3) is 0.417. The second kappa shape index (κ2) is 13.0. The number of hydrogen-bond donors (Lipinski definition) is 3. The van der Waals surface area contributed by atoms with Gasteiger partial charge >= 0.3 is 0 Å². The van der Waals surface area contributed by atoms with Gasteiger partial charge < -0.3 is 25.4 Å². The van der Waals surface area contributed by atoms with E-state index in [9.17, 15) is 14.7 Å². The maximum atomic E-state index is 12.7. The molecule has 2 amide bonds. The van der Waals surface area contributed by atoms with E-state index in [0.29, 0.717) is 54.9 Å². The molecule has 4 aliphatic heterocycles. The van der Waals surface area contributed by atoms with Crippen LogP contribution in [-0.4, -0.2) is 93.2 Å². The molecule has 0 radical (unpaired) electrons. The van der Waals surface area contributed by atoms with Gasteiger partial charge in [0.1, 0.15) is 29.8 Å². The quantitative estimate of drug-likeness (QED) is 0.260. The van der Waals surface area contributed by atoms with Crippen LogP contribution >= 0.6 is 0 Å². The zero-order chi connectivity index (χ0) is 33.5. The number of nitrogens with zero attached hydrogens (tertiary/aromatic N) is 7. The lowest BCUT2D eigenvalue weighted by Gasteiger charge is -2.43. The number of amides is 2. The molecule has 3 fully saturated rings. The molecule has 6 heterocycles. The number of ether oxygens (including phenoxy) is 1. The first-order chi connectivity index (χ1) is 23.9. The highest BCUT2D eigenvalue weighted by atomic mass is 16.5. The normalized spacial score (nSPS) is 22.0. The first-order valence-electron chi connectivity index (χ1n) is 17.2. The third kappa shape index (κ3) is 6.03. The third-order valence-corrected chi connectivity index (χ3v) is 10.5. The number of nitrogens with two attached hydrogens (primary N) is 1. The summed E-state index contributed by atoms with van der Waals surface area (Å²) in [6.07, 6.45) is 9.08. The van der Waals surface area contributed by atoms with Gasteiger partial charge in [0.15, 0.2) is 5.82 Å². The Balaban J connectivity index is 0.927. The van der Waals surface area contributed by atoms with Crippen molar-refractivity contribution in [1.29, 1.82) is 0 Å². The average molecular weight is 664 g/mol. The van der Waals surface area contributed by atoms with Crippen LogP contribution in [0.4, 0.5) is 17.2 Å². The summed E-state index contributed by atoms with van der Waals surface area (Å²) < 4.78 is 8.04. The Labute approximate surface area is 284 Å². The van der Waals surface area contributed by atoms with Gasteiger partial charge in [-0.1, -0.05) is 24.3 Å². The number of piperidine rings is 3. The molecule has 4 aromatic rings. The number of nitrogen functional groups attached to an aromatic ring is 1. The molecule has 0 unspecified atom stereocenters. The monoisotopic (exact) mass is 663 g/mol. The van der Waals surface area contributed by atoms with Gasteiger partial charge in [0.2, 0.25) is 11.8 Å². The second-order valence-electron chi connectivity index (χ2n) is 13.4. The van der Waals surface area contributed by atoms with Gasteiger partial charge in [-0.2, -0.15) is 5.10 Å². The minimum absolute atomic E-state index is 0.129. The van der Waals surface area contributed by atoms with E-state index in [1.807, 2.05) is 24.5 Å². The molecule has 2 atom stereocenters. The van der Waals surface area contributed by atoms with E-state index < -0.39 is 0 Å². The van der Waals surface area contributed by atoms with E-state index in [1.165, 1.54) is 5.56 Å².